The summed E-state index contributed by atoms with van der Waals surface area (Å²) in [7, 11) is 1.70. The van der Waals surface area contributed by atoms with Crippen LogP contribution in [0.1, 0.15) is 30.3 Å². The predicted molar refractivity (Wildman–Crippen MR) is 85.5 cm³/mol. The first kappa shape index (κ1) is 15.7. The van der Waals surface area contributed by atoms with Crippen LogP contribution in [0.4, 0.5) is 5.82 Å². The van der Waals surface area contributed by atoms with E-state index in [1.807, 2.05) is 12.1 Å². The quantitative estimate of drug-likeness (QED) is 0.790. The van der Waals surface area contributed by atoms with Crippen molar-refractivity contribution in [3.05, 3.63) is 52.4 Å². The molecule has 0 aliphatic rings. The van der Waals surface area contributed by atoms with Crippen molar-refractivity contribution in [3.8, 4) is 0 Å². The lowest BCUT2D eigenvalue weighted by Crippen LogP contribution is -2.05. The van der Waals surface area contributed by atoms with Crippen LogP contribution in [-0.2, 0) is 24.3 Å². The van der Waals surface area contributed by atoms with Gasteiger partial charge in [0.05, 0.1) is 6.61 Å². The van der Waals surface area contributed by atoms with Gasteiger partial charge in [0, 0.05) is 26.1 Å². The van der Waals surface area contributed by atoms with Crippen LogP contribution in [0, 0.1) is 0 Å². The first-order valence-corrected chi connectivity index (χ1v) is 7.43. The summed E-state index contributed by atoms with van der Waals surface area (Å²) in [5.74, 6) is 1.54. The van der Waals surface area contributed by atoms with Crippen LogP contribution >= 0.6 is 11.6 Å². The van der Waals surface area contributed by atoms with E-state index < -0.39 is 0 Å². The third kappa shape index (κ3) is 4.99. The van der Waals surface area contributed by atoms with Gasteiger partial charge in [-0.2, -0.15) is 0 Å². The second-order valence-electron chi connectivity index (χ2n) is 4.85. The molecule has 21 heavy (non-hydrogen) atoms. The van der Waals surface area contributed by atoms with Crippen LogP contribution in [0.2, 0.25) is 5.15 Å². The Bertz CT molecular complexity index is 589. The van der Waals surface area contributed by atoms with E-state index in [1.54, 1.807) is 13.2 Å². The molecule has 0 amide bonds. The molecule has 0 unspecified atom stereocenters. The minimum atomic E-state index is 0.476. The molecule has 0 atom stereocenters. The topological polar surface area (TPSA) is 47.0 Å². The van der Waals surface area contributed by atoms with E-state index in [-0.39, 0.29) is 0 Å². The number of aryl methyl sites for hydroxylation is 1. The normalized spacial score (nSPS) is 10.6. The van der Waals surface area contributed by atoms with Gasteiger partial charge in [0.15, 0.2) is 0 Å². The van der Waals surface area contributed by atoms with E-state index in [1.165, 1.54) is 5.56 Å². The van der Waals surface area contributed by atoms with E-state index >= 15 is 0 Å². The van der Waals surface area contributed by atoms with Gasteiger partial charge in [-0.25, -0.2) is 9.97 Å². The highest BCUT2D eigenvalue weighted by molar-refractivity contribution is 6.29. The maximum absolute atomic E-state index is 6.03. The molecule has 0 saturated carbocycles. The molecule has 0 aliphatic heterocycles. The first-order chi connectivity index (χ1) is 10.2. The minimum absolute atomic E-state index is 0.476. The third-order valence-corrected chi connectivity index (χ3v) is 3.18. The Labute approximate surface area is 130 Å². The van der Waals surface area contributed by atoms with Crippen molar-refractivity contribution >= 4 is 17.4 Å². The zero-order chi connectivity index (χ0) is 15.1. The van der Waals surface area contributed by atoms with Gasteiger partial charge in [-0.15, -0.1) is 0 Å². The monoisotopic (exact) mass is 305 g/mol. The van der Waals surface area contributed by atoms with Crippen molar-refractivity contribution in [3.63, 3.8) is 0 Å². The molecule has 1 aromatic heterocycles. The van der Waals surface area contributed by atoms with Crippen LogP contribution < -0.4 is 5.32 Å². The Balaban J connectivity index is 2.03. The van der Waals surface area contributed by atoms with E-state index in [9.17, 15) is 0 Å². The number of hydrogen-bond donors (Lipinski definition) is 1. The molecule has 0 radical (unpaired) electrons. The molecule has 112 valence electrons. The van der Waals surface area contributed by atoms with Crippen molar-refractivity contribution in [2.45, 2.75) is 32.9 Å². The lowest BCUT2D eigenvalue weighted by atomic mass is 10.1. The highest BCUT2D eigenvalue weighted by Crippen LogP contribution is 2.14. The van der Waals surface area contributed by atoms with Gasteiger partial charge >= 0.3 is 0 Å². The molecule has 0 bridgehead atoms. The van der Waals surface area contributed by atoms with Crippen molar-refractivity contribution in [1.29, 1.82) is 0 Å². The van der Waals surface area contributed by atoms with E-state index in [0.717, 1.165) is 30.0 Å². The van der Waals surface area contributed by atoms with Gasteiger partial charge in [-0.05, 0) is 17.5 Å². The van der Waals surface area contributed by atoms with Crippen molar-refractivity contribution in [2.75, 3.05) is 12.4 Å². The number of ether oxygens (including phenoxy) is 1. The summed E-state index contributed by atoms with van der Waals surface area (Å²) in [4.78, 5) is 8.68. The first-order valence-electron chi connectivity index (χ1n) is 7.05. The highest BCUT2D eigenvalue weighted by Gasteiger charge is 2.03. The molecule has 1 N–H and O–H groups in total. The number of halogens is 1. The number of nitrogens with zero attached hydrogens (tertiary/aromatic N) is 2. The Kier molecular flexibility index (Phi) is 5.96. The smallest absolute Gasteiger partial charge is 0.134 e. The second-order valence-corrected chi connectivity index (χ2v) is 5.24. The summed E-state index contributed by atoms with van der Waals surface area (Å²) in [6, 6.07) is 10.0. The fraction of sp³-hybridized carbons (Fsp3) is 0.375. The number of hydrogen-bond acceptors (Lipinski definition) is 4. The van der Waals surface area contributed by atoms with Gasteiger partial charge in [-0.1, -0.05) is 42.8 Å². The Morgan fingerprint density at radius 1 is 1.19 bits per heavy atom. The molecule has 1 heterocycles. The van der Waals surface area contributed by atoms with E-state index in [2.05, 4.69) is 34.3 Å². The molecule has 0 spiro atoms. The van der Waals surface area contributed by atoms with Gasteiger partial charge in [0.25, 0.3) is 0 Å². The summed E-state index contributed by atoms with van der Waals surface area (Å²) in [6.07, 6.45) is 1.83. The highest BCUT2D eigenvalue weighted by atomic mass is 35.5. The number of aromatic nitrogens is 2. The van der Waals surface area contributed by atoms with Gasteiger partial charge in [-0.3, -0.25) is 0 Å². The fourth-order valence-corrected chi connectivity index (χ4v) is 2.28. The second kappa shape index (κ2) is 7.96. The van der Waals surface area contributed by atoms with Gasteiger partial charge in [0.2, 0.25) is 0 Å². The molecule has 1 aromatic carbocycles. The van der Waals surface area contributed by atoms with Crippen LogP contribution in [-0.4, -0.2) is 17.1 Å². The van der Waals surface area contributed by atoms with Gasteiger partial charge < -0.3 is 10.1 Å². The molecule has 4 nitrogen and oxygen atoms in total. The number of nitrogens with one attached hydrogen (secondary N) is 1. The number of anilines is 1. The van der Waals surface area contributed by atoms with Crippen LogP contribution in [0.5, 0.6) is 0 Å². The number of methoxy groups -OCH3 is 1. The summed E-state index contributed by atoms with van der Waals surface area (Å²) < 4.78 is 5.15. The van der Waals surface area contributed by atoms with Crippen molar-refractivity contribution in [1.82, 2.24) is 9.97 Å². The lowest BCUT2D eigenvalue weighted by Gasteiger charge is -2.09. The molecule has 2 rings (SSSR count). The van der Waals surface area contributed by atoms with Gasteiger partial charge in [0.1, 0.15) is 16.8 Å². The summed E-state index contributed by atoms with van der Waals surface area (Å²) in [6.45, 7) is 3.41. The average molecular weight is 306 g/mol. The number of rotatable bonds is 7. The van der Waals surface area contributed by atoms with Crippen molar-refractivity contribution in [2.24, 2.45) is 0 Å². The SMILES string of the molecule is CCCc1nc(Cl)cc(NCc2cccc(COC)c2)n1. The summed E-state index contributed by atoms with van der Waals surface area (Å²) in [5, 5.41) is 3.77. The maximum Gasteiger partial charge on any atom is 0.134 e. The van der Waals surface area contributed by atoms with E-state index in [0.29, 0.717) is 18.3 Å². The summed E-state index contributed by atoms with van der Waals surface area (Å²) >= 11 is 6.03. The molecular formula is C16H20ClN3O. The molecule has 0 saturated heterocycles. The average Bonchev–Trinajstić information content (AvgIpc) is 2.46. The minimum Gasteiger partial charge on any atom is -0.380 e. The van der Waals surface area contributed by atoms with Crippen LogP contribution in [0.15, 0.2) is 30.3 Å². The number of benzene rings is 1. The largest absolute Gasteiger partial charge is 0.380 e. The van der Waals surface area contributed by atoms with E-state index in [4.69, 9.17) is 16.3 Å². The molecule has 0 fully saturated rings. The molecule has 0 aliphatic carbocycles. The molecule has 2 aromatic rings. The molecular weight excluding hydrogens is 286 g/mol. The standard InChI is InChI=1S/C16H20ClN3O/c1-3-5-15-19-14(17)9-16(20-15)18-10-12-6-4-7-13(8-12)11-21-2/h4,6-9H,3,5,10-11H2,1-2H3,(H,18,19,20). The zero-order valence-corrected chi connectivity index (χ0v) is 13.2. The summed E-state index contributed by atoms with van der Waals surface area (Å²) in [5.41, 5.74) is 2.33. The predicted octanol–water partition coefficient (Wildman–Crippen LogP) is 3.84. The fourth-order valence-electron chi connectivity index (χ4n) is 2.08. The Morgan fingerprint density at radius 3 is 2.76 bits per heavy atom. The lowest BCUT2D eigenvalue weighted by molar-refractivity contribution is 0.185. The zero-order valence-electron chi connectivity index (χ0n) is 12.4. The molecule has 5 heteroatoms. The Morgan fingerprint density at radius 2 is 2.00 bits per heavy atom. The Hall–Kier alpha value is -1.65. The third-order valence-electron chi connectivity index (χ3n) is 2.99. The van der Waals surface area contributed by atoms with Crippen LogP contribution in [0.25, 0.3) is 0 Å². The maximum atomic E-state index is 6.03. The van der Waals surface area contributed by atoms with Crippen molar-refractivity contribution < 1.29 is 4.74 Å². The van der Waals surface area contributed by atoms with Crippen LogP contribution in [0.3, 0.4) is 0 Å².